The third-order valence-corrected chi connectivity index (χ3v) is 4.18. The maximum atomic E-state index is 12.2. The first-order chi connectivity index (χ1) is 10.1. The van der Waals surface area contributed by atoms with E-state index in [2.05, 4.69) is 37.2 Å². The van der Waals surface area contributed by atoms with E-state index >= 15 is 0 Å². The number of alkyl halides is 1. The molecule has 2 aromatic carbocycles. The summed E-state index contributed by atoms with van der Waals surface area (Å²) < 4.78 is 6.11. The second kappa shape index (κ2) is 7.61. The molecule has 0 aliphatic carbocycles. The number of ether oxygens (including phenoxy) is 1. The lowest BCUT2D eigenvalue weighted by Gasteiger charge is -2.10. The van der Waals surface area contributed by atoms with Gasteiger partial charge in [0.2, 0.25) is 0 Å². The third-order valence-electron chi connectivity index (χ3n) is 3.04. The normalized spacial score (nSPS) is 10.2. The zero-order valence-electron chi connectivity index (χ0n) is 11.5. The Morgan fingerprint density at radius 2 is 1.81 bits per heavy atom. The first-order valence-electron chi connectivity index (χ1n) is 6.39. The standard InChI is InChI=1S/C16H15Br2NO2/c1-21-15-8-13(18)6-7-14(15)16(20)19-10-12-4-2-11(9-17)3-5-12/h2-8H,9-10H2,1H3,(H,19,20). The van der Waals surface area contributed by atoms with Crippen molar-refractivity contribution in [2.45, 2.75) is 11.9 Å². The molecule has 0 spiro atoms. The minimum Gasteiger partial charge on any atom is -0.496 e. The first-order valence-corrected chi connectivity index (χ1v) is 8.31. The Kier molecular flexibility index (Phi) is 5.82. The quantitative estimate of drug-likeness (QED) is 0.744. The van der Waals surface area contributed by atoms with Gasteiger partial charge < -0.3 is 10.1 Å². The van der Waals surface area contributed by atoms with Gasteiger partial charge in [0.05, 0.1) is 12.7 Å². The predicted octanol–water partition coefficient (Wildman–Crippen LogP) is 4.28. The summed E-state index contributed by atoms with van der Waals surface area (Å²) in [5.74, 6) is 0.403. The van der Waals surface area contributed by atoms with Gasteiger partial charge in [0, 0.05) is 16.3 Å². The maximum Gasteiger partial charge on any atom is 0.255 e. The number of methoxy groups -OCH3 is 1. The largest absolute Gasteiger partial charge is 0.496 e. The van der Waals surface area contributed by atoms with Gasteiger partial charge in [-0.1, -0.05) is 56.1 Å². The molecule has 2 aromatic rings. The Labute approximate surface area is 141 Å². The number of benzene rings is 2. The Hall–Kier alpha value is -1.33. The van der Waals surface area contributed by atoms with E-state index in [4.69, 9.17) is 4.74 Å². The van der Waals surface area contributed by atoms with E-state index in [1.165, 1.54) is 5.56 Å². The molecular formula is C16H15Br2NO2. The monoisotopic (exact) mass is 411 g/mol. The first kappa shape index (κ1) is 16.0. The fourth-order valence-corrected chi connectivity index (χ4v) is 2.59. The van der Waals surface area contributed by atoms with Gasteiger partial charge in [-0.05, 0) is 29.3 Å². The minimum atomic E-state index is -0.149. The highest BCUT2D eigenvalue weighted by Crippen LogP contribution is 2.23. The molecule has 0 bridgehead atoms. The van der Waals surface area contributed by atoms with Crippen LogP contribution in [0.3, 0.4) is 0 Å². The average Bonchev–Trinajstić information content (AvgIpc) is 2.52. The van der Waals surface area contributed by atoms with Gasteiger partial charge >= 0.3 is 0 Å². The number of hydrogen-bond donors (Lipinski definition) is 1. The number of rotatable bonds is 5. The number of hydrogen-bond acceptors (Lipinski definition) is 2. The van der Waals surface area contributed by atoms with E-state index in [-0.39, 0.29) is 5.91 Å². The van der Waals surface area contributed by atoms with E-state index in [1.54, 1.807) is 19.2 Å². The van der Waals surface area contributed by atoms with Crippen molar-refractivity contribution in [1.82, 2.24) is 5.32 Å². The van der Waals surface area contributed by atoms with Crippen LogP contribution in [0.1, 0.15) is 21.5 Å². The summed E-state index contributed by atoms with van der Waals surface area (Å²) in [6, 6.07) is 13.4. The third kappa shape index (κ3) is 4.32. The van der Waals surface area contributed by atoms with Crippen LogP contribution >= 0.6 is 31.9 Å². The molecule has 0 unspecified atom stereocenters. The van der Waals surface area contributed by atoms with Crippen LogP contribution in [0.25, 0.3) is 0 Å². The molecule has 0 aliphatic heterocycles. The predicted molar refractivity (Wildman–Crippen MR) is 90.9 cm³/mol. The molecule has 0 aliphatic rings. The van der Waals surface area contributed by atoms with E-state index in [9.17, 15) is 4.79 Å². The summed E-state index contributed by atoms with van der Waals surface area (Å²) in [5, 5.41) is 3.73. The van der Waals surface area contributed by atoms with E-state index in [1.807, 2.05) is 30.3 Å². The molecule has 110 valence electrons. The number of carbonyl (C=O) groups excluding carboxylic acids is 1. The molecule has 0 fully saturated rings. The summed E-state index contributed by atoms with van der Waals surface area (Å²) in [7, 11) is 1.55. The number of nitrogens with one attached hydrogen (secondary N) is 1. The summed E-state index contributed by atoms with van der Waals surface area (Å²) in [4.78, 5) is 12.2. The van der Waals surface area contributed by atoms with E-state index < -0.39 is 0 Å². The van der Waals surface area contributed by atoms with Crippen molar-refractivity contribution < 1.29 is 9.53 Å². The molecule has 0 atom stereocenters. The van der Waals surface area contributed by atoms with Gasteiger partial charge in [-0.25, -0.2) is 0 Å². The van der Waals surface area contributed by atoms with Gasteiger partial charge in [-0.2, -0.15) is 0 Å². The molecule has 5 heteroatoms. The topological polar surface area (TPSA) is 38.3 Å². The van der Waals surface area contributed by atoms with Crippen molar-refractivity contribution in [3.63, 3.8) is 0 Å². The van der Waals surface area contributed by atoms with Crippen LogP contribution in [-0.2, 0) is 11.9 Å². The molecular weight excluding hydrogens is 398 g/mol. The van der Waals surface area contributed by atoms with Gasteiger partial charge in [0.15, 0.2) is 0 Å². The molecule has 1 N–H and O–H groups in total. The molecule has 0 saturated heterocycles. The van der Waals surface area contributed by atoms with Crippen molar-refractivity contribution in [1.29, 1.82) is 0 Å². The summed E-state index contributed by atoms with van der Waals surface area (Å²) in [6.45, 7) is 0.487. The number of amides is 1. The fourth-order valence-electron chi connectivity index (χ4n) is 1.88. The molecule has 0 radical (unpaired) electrons. The molecule has 0 heterocycles. The van der Waals surface area contributed by atoms with Crippen molar-refractivity contribution in [2.24, 2.45) is 0 Å². The van der Waals surface area contributed by atoms with E-state index in [0.29, 0.717) is 17.9 Å². The highest BCUT2D eigenvalue weighted by molar-refractivity contribution is 9.10. The molecule has 1 amide bonds. The summed E-state index contributed by atoms with van der Waals surface area (Å²) in [6.07, 6.45) is 0. The van der Waals surface area contributed by atoms with Gasteiger partial charge in [-0.15, -0.1) is 0 Å². The molecule has 0 aromatic heterocycles. The Morgan fingerprint density at radius 1 is 1.14 bits per heavy atom. The van der Waals surface area contributed by atoms with Gasteiger partial charge in [0.1, 0.15) is 5.75 Å². The Bertz CT molecular complexity index is 627. The van der Waals surface area contributed by atoms with Crippen LogP contribution in [0, 0.1) is 0 Å². The average molecular weight is 413 g/mol. The zero-order chi connectivity index (χ0) is 15.2. The van der Waals surface area contributed by atoms with Crippen LogP contribution < -0.4 is 10.1 Å². The van der Waals surface area contributed by atoms with Gasteiger partial charge in [-0.3, -0.25) is 4.79 Å². The van der Waals surface area contributed by atoms with Crippen LogP contribution in [0.4, 0.5) is 0 Å². The smallest absolute Gasteiger partial charge is 0.255 e. The van der Waals surface area contributed by atoms with Crippen LogP contribution in [0.5, 0.6) is 5.75 Å². The van der Waals surface area contributed by atoms with Crippen molar-refractivity contribution in [2.75, 3.05) is 7.11 Å². The van der Waals surface area contributed by atoms with Gasteiger partial charge in [0.25, 0.3) is 5.91 Å². The lowest BCUT2D eigenvalue weighted by molar-refractivity contribution is 0.0948. The molecule has 3 nitrogen and oxygen atoms in total. The second-order valence-corrected chi connectivity index (χ2v) is 5.95. The molecule has 2 rings (SSSR count). The SMILES string of the molecule is COc1cc(Br)ccc1C(=O)NCc1ccc(CBr)cc1. The molecule has 21 heavy (non-hydrogen) atoms. The highest BCUT2D eigenvalue weighted by Gasteiger charge is 2.12. The number of carbonyl (C=O) groups is 1. The van der Waals surface area contributed by atoms with Crippen LogP contribution in [0.15, 0.2) is 46.9 Å². The van der Waals surface area contributed by atoms with Crippen molar-refractivity contribution >= 4 is 37.8 Å². The van der Waals surface area contributed by atoms with Crippen LogP contribution in [-0.4, -0.2) is 13.0 Å². The van der Waals surface area contributed by atoms with Crippen molar-refractivity contribution in [3.8, 4) is 5.75 Å². The Morgan fingerprint density at radius 3 is 2.43 bits per heavy atom. The Balaban J connectivity index is 2.04. The summed E-state index contributed by atoms with van der Waals surface area (Å²) in [5.41, 5.74) is 2.79. The lowest BCUT2D eigenvalue weighted by atomic mass is 10.1. The van der Waals surface area contributed by atoms with E-state index in [0.717, 1.165) is 15.4 Å². The minimum absolute atomic E-state index is 0.149. The number of halogens is 2. The second-order valence-electron chi connectivity index (χ2n) is 4.48. The summed E-state index contributed by atoms with van der Waals surface area (Å²) >= 11 is 6.77. The highest BCUT2D eigenvalue weighted by atomic mass is 79.9. The fraction of sp³-hybridized carbons (Fsp3) is 0.188. The molecule has 0 saturated carbocycles. The van der Waals surface area contributed by atoms with Crippen molar-refractivity contribution in [3.05, 3.63) is 63.6 Å². The lowest BCUT2D eigenvalue weighted by Crippen LogP contribution is -2.23. The maximum absolute atomic E-state index is 12.2. The zero-order valence-corrected chi connectivity index (χ0v) is 14.7. The van der Waals surface area contributed by atoms with Crippen LogP contribution in [0.2, 0.25) is 0 Å².